The average molecular weight is 262 g/mol. The molecule has 2 aliphatic rings. The molecule has 1 aliphatic heterocycles. The van der Waals surface area contributed by atoms with Crippen molar-refractivity contribution in [2.45, 2.75) is 55.9 Å². The molecule has 17 heavy (non-hydrogen) atoms. The van der Waals surface area contributed by atoms with Crippen molar-refractivity contribution in [1.29, 1.82) is 0 Å². The van der Waals surface area contributed by atoms with Gasteiger partial charge in [0.05, 0.1) is 5.25 Å². The van der Waals surface area contributed by atoms with E-state index in [9.17, 15) is 8.42 Å². The number of nitrogens with two attached hydrogens (primary N) is 1. The van der Waals surface area contributed by atoms with Gasteiger partial charge in [0.25, 0.3) is 0 Å². The van der Waals surface area contributed by atoms with Gasteiger partial charge >= 0.3 is 0 Å². The van der Waals surface area contributed by atoms with Crippen molar-refractivity contribution in [3.8, 4) is 0 Å². The van der Waals surface area contributed by atoms with Crippen LogP contribution in [0, 0.1) is 0 Å². The Kier molecular flexibility index (Phi) is 4.41. The van der Waals surface area contributed by atoms with E-state index in [1.54, 1.807) is 0 Å². The summed E-state index contributed by atoms with van der Waals surface area (Å²) in [6, 6.07) is 0.335. The Morgan fingerprint density at radius 3 is 2.18 bits per heavy atom. The minimum Gasteiger partial charge on any atom is -0.381 e. The van der Waals surface area contributed by atoms with Crippen molar-refractivity contribution in [3.63, 3.8) is 0 Å². The Labute approximate surface area is 103 Å². The summed E-state index contributed by atoms with van der Waals surface area (Å²) in [7, 11) is -3.17. The Hall–Kier alpha value is -0.170. The van der Waals surface area contributed by atoms with E-state index < -0.39 is 10.0 Å². The van der Waals surface area contributed by atoms with E-state index in [4.69, 9.17) is 10.5 Å². The van der Waals surface area contributed by atoms with Crippen molar-refractivity contribution in [2.75, 3.05) is 13.2 Å². The standard InChI is InChI=1S/C11H22N2O3S/c12-9-1-3-10(4-2-9)13-17(14,15)11-5-7-16-8-6-11/h9-11,13H,1-8,12H2. The summed E-state index contributed by atoms with van der Waals surface area (Å²) in [6.07, 6.45) is 4.79. The summed E-state index contributed by atoms with van der Waals surface area (Å²) in [5.74, 6) is 0. The van der Waals surface area contributed by atoms with Crippen LogP contribution >= 0.6 is 0 Å². The second-order valence-corrected chi connectivity index (χ2v) is 7.08. The van der Waals surface area contributed by atoms with Gasteiger partial charge in [-0.3, -0.25) is 0 Å². The lowest BCUT2D eigenvalue weighted by Gasteiger charge is -2.29. The quantitative estimate of drug-likeness (QED) is 0.769. The van der Waals surface area contributed by atoms with E-state index in [1.807, 2.05) is 0 Å². The fourth-order valence-corrected chi connectivity index (χ4v) is 4.26. The molecule has 0 bridgehead atoms. The van der Waals surface area contributed by atoms with Gasteiger partial charge in [-0.2, -0.15) is 0 Å². The van der Waals surface area contributed by atoms with Crippen LogP contribution in [0.15, 0.2) is 0 Å². The summed E-state index contributed by atoms with van der Waals surface area (Å²) < 4.78 is 32.3. The highest BCUT2D eigenvalue weighted by Gasteiger charge is 2.30. The maximum atomic E-state index is 12.1. The molecule has 1 heterocycles. The molecule has 0 atom stereocenters. The number of ether oxygens (including phenoxy) is 1. The first-order valence-electron chi connectivity index (χ1n) is 6.42. The van der Waals surface area contributed by atoms with Crippen LogP contribution in [0.2, 0.25) is 0 Å². The average Bonchev–Trinajstić information content (AvgIpc) is 2.33. The summed E-state index contributed by atoms with van der Waals surface area (Å²) >= 11 is 0. The fraction of sp³-hybridized carbons (Fsp3) is 1.00. The first kappa shape index (κ1) is 13.3. The molecular weight excluding hydrogens is 240 g/mol. The van der Waals surface area contributed by atoms with Gasteiger partial charge in [-0.15, -0.1) is 0 Å². The zero-order valence-corrected chi connectivity index (χ0v) is 10.9. The van der Waals surface area contributed by atoms with Crippen molar-refractivity contribution in [1.82, 2.24) is 4.72 Å². The van der Waals surface area contributed by atoms with Crippen LogP contribution in [0.3, 0.4) is 0 Å². The van der Waals surface area contributed by atoms with Crippen LogP contribution in [0.5, 0.6) is 0 Å². The van der Waals surface area contributed by atoms with Gasteiger partial charge in [0.15, 0.2) is 0 Å². The first-order valence-corrected chi connectivity index (χ1v) is 7.97. The van der Waals surface area contributed by atoms with Crippen LogP contribution in [0.1, 0.15) is 38.5 Å². The zero-order chi connectivity index (χ0) is 12.3. The molecule has 5 nitrogen and oxygen atoms in total. The molecule has 0 amide bonds. The van der Waals surface area contributed by atoms with E-state index in [1.165, 1.54) is 0 Å². The maximum Gasteiger partial charge on any atom is 0.214 e. The molecular formula is C11H22N2O3S. The predicted molar refractivity (Wildman–Crippen MR) is 66.1 cm³/mol. The lowest BCUT2D eigenvalue weighted by atomic mass is 9.93. The van der Waals surface area contributed by atoms with Crippen LogP contribution < -0.4 is 10.5 Å². The van der Waals surface area contributed by atoms with Gasteiger partial charge in [-0.25, -0.2) is 13.1 Å². The lowest BCUT2D eigenvalue weighted by Crippen LogP contribution is -2.45. The summed E-state index contributed by atoms with van der Waals surface area (Å²) in [6.45, 7) is 1.11. The number of nitrogens with one attached hydrogen (secondary N) is 1. The number of sulfonamides is 1. The molecule has 1 saturated carbocycles. The molecule has 0 radical (unpaired) electrons. The molecule has 1 aliphatic carbocycles. The van der Waals surface area contributed by atoms with Gasteiger partial charge in [-0.05, 0) is 38.5 Å². The summed E-state index contributed by atoms with van der Waals surface area (Å²) in [5.41, 5.74) is 5.81. The van der Waals surface area contributed by atoms with Crippen molar-refractivity contribution >= 4 is 10.0 Å². The molecule has 3 N–H and O–H groups in total. The molecule has 100 valence electrons. The monoisotopic (exact) mass is 262 g/mol. The SMILES string of the molecule is NC1CCC(NS(=O)(=O)C2CCOCC2)CC1. The molecule has 0 unspecified atom stereocenters. The zero-order valence-electron chi connectivity index (χ0n) is 10.1. The smallest absolute Gasteiger partial charge is 0.214 e. The Morgan fingerprint density at radius 1 is 1.00 bits per heavy atom. The van der Waals surface area contributed by atoms with Crippen LogP contribution in [-0.4, -0.2) is 39.0 Å². The van der Waals surface area contributed by atoms with Gasteiger partial charge in [0.2, 0.25) is 10.0 Å². The van der Waals surface area contributed by atoms with Gasteiger partial charge in [0.1, 0.15) is 0 Å². The maximum absolute atomic E-state index is 12.1. The number of hydrogen-bond donors (Lipinski definition) is 2. The third-order valence-electron chi connectivity index (χ3n) is 3.71. The first-order chi connectivity index (χ1) is 8.08. The van der Waals surface area contributed by atoms with E-state index in [2.05, 4.69) is 4.72 Å². The Morgan fingerprint density at radius 2 is 1.59 bits per heavy atom. The minimum absolute atomic E-state index is 0.0858. The molecule has 0 aromatic rings. The summed E-state index contributed by atoms with van der Waals surface area (Å²) in [5, 5.41) is -0.271. The molecule has 2 rings (SSSR count). The predicted octanol–water partition coefficient (Wildman–Crippen LogP) is 0.355. The van der Waals surface area contributed by atoms with Crippen LogP contribution in [-0.2, 0) is 14.8 Å². The Bertz CT molecular complexity index is 331. The normalized spacial score (nSPS) is 32.5. The van der Waals surface area contributed by atoms with E-state index in [0.29, 0.717) is 26.1 Å². The number of hydrogen-bond acceptors (Lipinski definition) is 4. The molecule has 6 heteroatoms. The molecule has 2 fully saturated rings. The Balaban J connectivity index is 1.88. The molecule has 1 saturated heterocycles. The third-order valence-corrected chi connectivity index (χ3v) is 5.72. The van der Waals surface area contributed by atoms with Crippen LogP contribution in [0.25, 0.3) is 0 Å². The van der Waals surface area contributed by atoms with Crippen molar-refractivity contribution in [2.24, 2.45) is 5.73 Å². The van der Waals surface area contributed by atoms with E-state index >= 15 is 0 Å². The molecule has 0 aromatic heterocycles. The highest BCUT2D eigenvalue weighted by atomic mass is 32.2. The molecule has 0 spiro atoms. The van der Waals surface area contributed by atoms with Crippen LogP contribution in [0.4, 0.5) is 0 Å². The van der Waals surface area contributed by atoms with Gasteiger partial charge in [0, 0.05) is 25.3 Å². The van der Waals surface area contributed by atoms with Crippen molar-refractivity contribution in [3.05, 3.63) is 0 Å². The minimum atomic E-state index is -3.17. The fourth-order valence-electron chi connectivity index (χ4n) is 2.55. The lowest BCUT2D eigenvalue weighted by molar-refractivity contribution is 0.0980. The highest BCUT2D eigenvalue weighted by Crippen LogP contribution is 2.20. The molecule has 0 aromatic carbocycles. The second kappa shape index (κ2) is 5.65. The van der Waals surface area contributed by atoms with E-state index in [-0.39, 0.29) is 17.3 Å². The van der Waals surface area contributed by atoms with E-state index in [0.717, 1.165) is 25.7 Å². The third kappa shape index (κ3) is 3.64. The number of rotatable bonds is 3. The topological polar surface area (TPSA) is 81.4 Å². The van der Waals surface area contributed by atoms with Gasteiger partial charge in [-0.1, -0.05) is 0 Å². The highest BCUT2D eigenvalue weighted by molar-refractivity contribution is 7.90. The second-order valence-electron chi connectivity index (χ2n) is 5.09. The van der Waals surface area contributed by atoms with Gasteiger partial charge < -0.3 is 10.5 Å². The summed E-state index contributed by atoms with van der Waals surface area (Å²) in [4.78, 5) is 0. The largest absolute Gasteiger partial charge is 0.381 e. The van der Waals surface area contributed by atoms with Crippen molar-refractivity contribution < 1.29 is 13.2 Å².